The molecule has 3 aliphatic rings. The summed E-state index contributed by atoms with van der Waals surface area (Å²) in [6, 6.07) is 7.88. The Morgan fingerprint density at radius 3 is 2.94 bits per heavy atom. The summed E-state index contributed by atoms with van der Waals surface area (Å²) in [5.41, 5.74) is 2.75. The molecule has 0 spiro atoms. The van der Waals surface area contributed by atoms with Crippen LogP contribution < -0.4 is 19.9 Å². The molecule has 1 aromatic heterocycles. The molecule has 1 aliphatic carbocycles. The molecule has 5 rings (SSSR count). The maximum atomic E-state index is 13.5. The van der Waals surface area contributed by atoms with Crippen molar-refractivity contribution in [2.45, 2.75) is 32.3 Å². The van der Waals surface area contributed by atoms with Crippen molar-refractivity contribution in [2.75, 3.05) is 61.4 Å². The number of likely N-dealkylation sites (N-methyl/N-ethyl adjacent to an activating group) is 1. The Kier molecular flexibility index (Phi) is 6.99. The minimum Gasteiger partial charge on any atom is -0.489 e. The molecule has 1 atom stereocenters. The first-order valence-corrected chi connectivity index (χ1v) is 12.6. The van der Waals surface area contributed by atoms with Crippen LogP contribution in [0.3, 0.4) is 0 Å². The molecule has 2 aromatic rings. The van der Waals surface area contributed by atoms with E-state index in [4.69, 9.17) is 4.74 Å². The van der Waals surface area contributed by atoms with Crippen LogP contribution in [0.25, 0.3) is 0 Å². The summed E-state index contributed by atoms with van der Waals surface area (Å²) in [7, 11) is 1.96. The van der Waals surface area contributed by atoms with Crippen molar-refractivity contribution in [3.63, 3.8) is 0 Å². The van der Waals surface area contributed by atoms with Gasteiger partial charge in [-0.3, -0.25) is 9.69 Å². The van der Waals surface area contributed by atoms with Crippen LogP contribution in [0.15, 0.2) is 54.3 Å². The number of ether oxygens (including phenoxy) is 1. The Hall–Kier alpha value is -3.39. The third-order valence-corrected chi connectivity index (χ3v) is 6.74. The SMILES string of the molecule is CCNc1ncc2c(n1)N(C)CCN(c1cccc(OC3CCN(CC4=CCCC=C4)C3)c1)C2=O. The average molecular weight is 475 g/mol. The minimum absolute atomic E-state index is 0.0922. The molecular weight excluding hydrogens is 440 g/mol. The Balaban J connectivity index is 1.27. The van der Waals surface area contributed by atoms with Gasteiger partial charge in [-0.1, -0.05) is 24.3 Å². The largest absolute Gasteiger partial charge is 0.489 e. The van der Waals surface area contributed by atoms with E-state index in [-0.39, 0.29) is 12.0 Å². The van der Waals surface area contributed by atoms with Gasteiger partial charge in [-0.15, -0.1) is 0 Å². The molecule has 8 nitrogen and oxygen atoms in total. The zero-order valence-electron chi connectivity index (χ0n) is 20.6. The highest BCUT2D eigenvalue weighted by atomic mass is 16.5. The smallest absolute Gasteiger partial charge is 0.263 e. The lowest BCUT2D eigenvalue weighted by atomic mass is 10.1. The number of nitrogens with zero attached hydrogens (tertiary/aromatic N) is 5. The molecule has 35 heavy (non-hydrogen) atoms. The summed E-state index contributed by atoms with van der Waals surface area (Å²) in [6.45, 7) is 6.90. The molecule has 2 aliphatic heterocycles. The van der Waals surface area contributed by atoms with Crippen LogP contribution in [0.1, 0.15) is 36.5 Å². The van der Waals surface area contributed by atoms with E-state index in [1.54, 1.807) is 11.1 Å². The van der Waals surface area contributed by atoms with Gasteiger partial charge in [-0.25, -0.2) is 4.98 Å². The third-order valence-electron chi connectivity index (χ3n) is 6.74. The van der Waals surface area contributed by atoms with Gasteiger partial charge in [-0.2, -0.15) is 4.98 Å². The fraction of sp³-hybridized carbons (Fsp3) is 0.444. The topological polar surface area (TPSA) is 73.8 Å². The number of allylic oxidation sites excluding steroid dienone is 2. The molecule has 1 amide bonds. The van der Waals surface area contributed by atoms with Gasteiger partial charge < -0.3 is 19.9 Å². The van der Waals surface area contributed by atoms with Crippen LogP contribution >= 0.6 is 0 Å². The summed E-state index contributed by atoms with van der Waals surface area (Å²) < 4.78 is 6.37. The van der Waals surface area contributed by atoms with E-state index in [2.05, 4.69) is 38.4 Å². The van der Waals surface area contributed by atoms with E-state index < -0.39 is 0 Å². The van der Waals surface area contributed by atoms with Gasteiger partial charge in [0.2, 0.25) is 5.95 Å². The predicted octanol–water partition coefficient (Wildman–Crippen LogP) is 3.73. The lowest BCUT2D eigenvalue weighted by Crippen LogP contribution is -2.33. The average Bonchev–Trinajstić information content (AvgIpc) is 3.26. The van der Waals surface area contributed by atoms with Crippen molar-refractivity contribution < 1.29 is 9.53 Å². The van der Waals surface area contributed by atoms with E-state index in [1.165, 1.54) is 5.57 Å². The molecule has 8 heteroatoms. The van der Waals surface area contributed by atoms with Crippen molar-refractivity contribution in [3.05, 3.63) is 59.8 Å². The van der Waals surface area contributed by atoms with Gasteiger partial charge in [0, 0.05) is 64.3 Å². The first-order chi connectivity index (χ1) is 17.1. The molecule has 184 valence electrons. The standard InChI is InChI=1S/C27H34N6O2/c1-3-28-27-29-17-24-25(30-27)31(2)14-15-33(26(24)34)21-10-7-11-22(16-21)35-23-12-13-32(19-23)18-20-8-5-4-6-9-20/h5,7-11,16-17,23H,3-4,6,12-15,18-19H2,1-2H3,(H,28,29,30). The minimum atomic E-state index is -0.0922. The number of nitrogens with one attached hydrogen (secondary N) is 1. The molecule has 0 bridgehead atoms. The Morgan fingerprint density at radius 1 is 1.20 bits per heavy atom. The van der Waals surface area contributed by atoms with E-state index >= 15 is 0 Å². The predicted molar refractivity (Wildman–Crippen MR) is 140 cm³/mol. The van der Waals surface area contributed by atoms with Crippen LogP contribution in [0.4, 0.5) is 17.5 Å². The molecule has 0 radical (unpaired) electrons. The van der Waals surface area contributed by atoms with Crippen LogP contribution in [0.5, 0.6) is 5.75 Å². The fourth-order valence-electron chi connectivity index (χ4n) is 4.90. The van der Waals surface area contributed by atoms with Gasteiger partial charge in [0.1, 0.15) is 23.2 Å². The van der Waals surface area contributed by atoms with Crippen molar-refractivity contribution in [1.82, 2.24) is 14.9 Å². The second-order valence-electron chi connectivity index (χ2n) is 9.36. The molecule has 1 fully saturated rings. The number of fused-ring (bicyclic) bond motifs is 1. The second kappa shape index (κ2) is 10.5. The Morgan fingerprint density at radius 2 is 2.11 bits per heavy atom. The first-order valence-electron chi connectivity index (χ1n) is 12.6. The van der Waals surface area contributed by atoms with Crippen molar-refractivity contribution in [3.8, 4) is 5.75 Å². The van der Waals surface area contributed by atoms with Crippen LogP contribution in [0.2, 0.25) is 0 Å². The van der Waals surface area contributed by atoms with Gasteiger partial charge in [0.05, 0.1) is 0 Å². The number of hydrogen-bond donors (Lipinski definition) is 1. The number of aromatic nitrogens is 2. The number of carbonyl (C=O) groups excluding carboxylic acids is 1. The molecular formula is C27H34N6O2. The van der Waals surface area contributed by atoms with Crippen LogP contribution in [-0.4, -0.2) is 73.2 Å². The van der Waals surface area contributed by atoms with Crippen molar-refractivity contribution in [2.24, 2.45) is 0 Å². The molecule has 1 aromatic carbocycles. The van der Waals surface area contributed by atoms with E-state index in [1.807, 2.05) is 43.1 Å². The maximum Gasteiger partial charge on any atom is 0.263 e. The number of hydrogen-bond acceptors (Lipinski definition) is 7. The van der Waals surface area contributed by atoms with E-state index in [0.717, 1.165) is 56.9 Å². The molecule has 1 saturated heterocycles. The molecule has 1 N–H and O–H groups in total. The lowest BCUT2D eigenvalue weighted by Gasteiger charge is -2.22. The van der Waals surface area contributed by atoms with E-state index in [0.29, 0.717) is 30.4 Å². The summed E-state index contributed by atoms with van der Waals surface area (Å²) in [5, 5.41) is 3.12. The Bertz CT molecular complexity index is 1130. The first kappa shape index (κ1) is 23.4. The van der Waals surface area contributed by atoms with Gasteiger partial charge in [0.25, 0.3) is 5.91 Å². The van der Waals surface area contributed by atoms with Gasteiger partial charge in [-0.05, 0) is 43.9 Å². The normalized spacial score (nSPS) is 20.5. The second-order valence-corrected chi connectivity index (χ2v) is 9.36. The van der Waals surface area contributed by atoms with Gasteiger partial charge >= 0.3 is 0 Å². The molecule has 1 unspecified atom stereocenters. The number of anilines is 3. The zero-order chi connectivity index (χ0) is 24.2. The van der Waals surface area contributed by atoms with Crippen LogP contribution in [0, 0.1) is 0 Å². The van der Waals surface area contributed by atoms with Crippen LogP contribution in [-0.2, 0) is 0 Å². The summed E-state index contributed by atoms with van der Waals surface area (Å²) in [4.78, 5) is 28.7. The number of rotatable bonds is 7. The summed E-state index contributed by atoms with van der Waals surface area (Å²) in [5.74, 6) is 1.90. The summed E-state index contributed by atoms with van der Waals surface area (Å²) >= 11 is 0. The maximum absolute atomic E-state index is 13.5. The van der Waals surface area contributed by atoms with E-state index in [9.17, 15) is 4.79 Å². The number of carbonyl (C=O) groups is 1. The highest BCUT2D eigenvalue weighted by Crippen LogP contribution is 2.29. The Labute approximate surface area is 207 Å². The number of benzene rings is 1. The fourth-order valence-corrected chi connectivity index (χ4v) is 4.90. The van der Waals surface area contributed by atoms with Crippen molar-refractivity contribution in [1.29, 1.82) is 0 Å². The van der Waals surface area contributed by atoms with Crippen molar-refractivity contribution >= 4 is 23.4 Å². The highest BCUT2D eigenvalue weighted by Gasteiger charge is 2.29. The zero-order valence-corrected chi connectivity index (χ0v) is 20.6. The summed E-state index contributed by atoms with van der Waals surface area (Å²) in [6.07, 6.45) is 11.9. The molecule has 0 saturated carbocycles. The third kappa shape index (κ3) is 5.32. The number of likely N-dealkylation sites (tertiary alicyclic amines) is 1. The number of amides is 1. The monoisotopic (exact) mass is 474 g/mol. The van der Waals surface area contributed by atoms with Gasteiger partial charge in [0.15, 0.2) is 0 Å². The molecule has 3 heterocycles. The highest BCUT2D eigenvalue weighted by molar-refractivity contribution is 6.09. The lowest BCUT2D eigenvalue weighted by molar-refractivity contribution is 0.0989. The quantitative estimate of drug-likeness (QED) is 0.655.